The van der Waals surface area contributed by atoms with Crippen LogP contribution in [-0.4, -0.2) is 37.3 Å². The summed E-state index contributed by atoms with van der Waals surface area (Å²) in [5, 5.41) is 14.0. The summed E-state index contributed by atoms with van der Waals surface area (Å²) in [4.78, 5) is 10.9. The third-order valence-corrected chi connectivity index (χ3v) is 1.31. The molecule has 1 amide bonds. The molecule has 0 rings (SSSR count). The van der Waals surface area contributed by atoms with Crippen LogP contribution in [0.4, 0.5) is 0 Å². The Morgan fingerprint density at radius 2 is 2.27 bits per heavy atom. The minimum atomic E-state index is -0.0338. The molecule has 0 aromatic heterocycles. The SMILES string of the molecule is CNCC(=O)NC(C)CCO. The van der Waals surface area contributed by atoms with Gasteiger partial charge in [-0.15, -0.1) is 0 Å². The molecule has 0 aliphatic carbocycles. The number of carbonyl (C=O) groups is 1. The first-order valence-electron chi connectivity index (χ1n) is 3.75. The second-order valence-electron chi connectivity index (χ2n) is 2.51. The van der Waals surface area contributed by atoms with Gasteiger partial charge in [0.1, 0.15) is 0 Å². The van der Waals surface area contributed by atoms with Crippen molar-refractivity contribution < 1.29 is 9.90 Å². The largest absolute Gasteiger partial charge is 0.396 e. The highest BCUT2D eigenvalue weighted by Crippen LogP contribution is 1.86. The summed E-state index contributed by atoms with van der Waals surface area (Å²) >= 11 is 0. The van der Waals surface area contributed by atoms with Crippen molar-refractivity contribution in [3.63, 3.8) is 0 Å². The molecule has 0 saturated carbocycles. The molecule has 0 fully saturated rings. The molecule has 0 aliphatic heterocycles. The minimum absolute atomic E-state index is 0.0338. The Morgan fingerprint density at radius 3 is 2.73 bits per heavy atom. The highest BCUT2D eigenvalue weighted by Gasteiger charge is 2.04. The Hall–Kier alpha value is -0.610. The van der Waals surface area contributed by atoms with Crippen molar-refractivity contribution in [3.05, 3.63) is 0 Å². The van der Waals surface area contributed by atoms with Gasteiger partial charge in [-0.3, -0.25) is 4.79 Å². The Labute approximate surface area is 67.0 Å². The van der Waals surface area contributed by atoms with E-state index in [-0.39, 0.29) is 18.6 Å². The van der Waals surface area contributed by atoms with Crippen molar-refractivity contribution in [3.8, 4) is 0 Å². The third-order valence-electron chi connectivity index (χ3n) is 1.31. The highest BCUT2D eigenvalue weighted by molar-refractivity contribution is 5.78. The highest BCUT2D eigenvalue weighted by atomic mass is 16.3. The summed E-state index contributed by atoms with van der Waals surface area (Å²) in [6.07, 6.45) is 0.607. The molecule has 0 saturated heterocycles. The first-order valence-corrected chi connectivity index (χ1v) is 3.75. The van der Waals surface area contributed by atoms with E-state index in [0.717, 1.165) is 0 Å². The summed E-state index contributed by atoms with van der Waals surface area (Å²) in [5.41, 5.74) is 0. The molecular weight excluding hydrogens is 144 g/mol. The third kappa shape index (κ3) is 5.82. The quantitative estimate of drug-likeness (QED) is 0.488. The van der Waals surface area contributed by atoms with Gasteiger partial charge in [-0.2, -0.15) is 0 Å². The zero-order valence-electron chi connectivity index (χ0n) is 7.05. The van der Waals surface area contributed by atoms with Crippen molar-refractivity contribution in [2.45, 2.75) is 19.4 Å². The number of likely N-dealkylation sites (N-methyl/N-ethyl adjacent to an activating group) is 1. The molecule has 3 N–H and O–H groups in total. The maximum Gasteiger partial charge on any atom is 0.234 e. The van der Waals surface area contributed by atoms with Gasteiger partial charge in [-0.1, -0.05) is 0 Å². The Balaban J connectivity index is 3.40. The van der Waals surface area contributed by atoms with Gasteiger partial charge in [0.15, 0.2) is 0 Å². The van der Waals surface area contributed by atoms with Crippen molar-refractivity contribution in [1.82, 2.24) is 10.6 Å². The van der Waals surface area contributed by atoms with E-state index in [1.165, 1.54) is 0 Å². The van der Waals surface area contributed by atoms with E-state index in [4.69, 9.17) is 5.11 Å². The Morgan fingerprint density at radius 1 is 1.64 bits per heavy atom. The Bertz CT molecular complexity index is 117. The number of aliphatic hydroxyl groups is 1. The van der Waals surface area contributed by atoms with Crippen molar-refractivity contribution in [1.29, 1.82) is 0 Å². The predicted molar refractivity (Wildman–Crippen MR) is 43.2 cm³/mol. The van der Waals surface area contributed by atoms with Crippen LogP contribution in [-0.2, 0) is 4.79 Å². The van der Waals surface area contributed by atoms with Crippen LogP contribution in [0, 0.1) is 0 Å². The molecule has 0 spiro atoms. The number of carbonyl (C=O) groups excluding carboxylic acids is 1. The first kappa shape index (κ1) is 10.4. The summed E-state index contributed by atoms with van der Waals surface area (Å²) in [7, 11) is 1.72. The molecule has 66 valence electrons. The number of aliphatic hydroxyl groups excluding tert-OH is 1. The lowest BCUT2D eigenvalue weighted by molar-refractivity contribution is -0.120. The number of nitrogens with one attached hydrogen (secondary N) is 2. The van der Waals surface area contributed by atoms with Gasteiger partial charge in [0.2, 0.25) is 5.91 Å². The number of rotatable bonds is 5. The van der Waals surface area contributed by atoms with E-state index < -0.39 is 0 Å². The first-order chi connectivity index (χ1) is 5.20. The maximum absolute atomic E-state index is 10.9. The zero-order chi connectivity index (χ0) is 8.69. The molecule has 4 heteroatoms. The fourth-order valence-electron chi connectivity index (χ4n) is 0.752. The van der Waals surface area contributed by atoms with Crippen LogP contribution < -0.4 is 10.6 Å². The van der Waals surface area contributed by atoms with Crippen LogP contribution in [0.5, 0.6) is 0 Å². The molecule has 4 nitrogen and oxygen atoms in total. The van der Waals surface area contributed by atoms with E-state index in [1.807, 2.05) is 6.92 Å². The summed E-state index contributed by atoms with van der Waals surface area (Å²) in [6, 6.07) is 0.0563. The monoisotopic (exact) mass is 160 g/mol. The van der Waals surface area contributed by atoms with Gasteiger partial charge >= 0.3 is 0 Å². The zero-order valence-corrected chi connectivity index (χ0v) is 7.05. The van der Waals surface area contributed by atoms with Crippen LogP contribution in [0.3, 0.4) is 0 Å². The Kier molecular flexibility index (Phi) is 5.78. The summed E-state index contributed by atoms with van der Waals surface area (Å²) in [6.45, 7) is 2.31. The average Bonchev–Trinajstić information content (AvgIpc) is 1.87. The van der Waals surface area contributed by atoms with Crippen LogP contribution in [0.25, 0.3) is 0 Å². The van der Waals surface area contributed by atoms with E-state index in [0.29, 0.717) is 13.0 Å². The smallest absolute Gasteiger partial charge is 0.234 e. The van der Waals surface area contributed by atoms with E-state index in [9.17, 15) is 4.79 Å². The number of hydrogen-bond donors (Lipinski definition) is 3. The summed E-state index contributed by atoms with van der Waals surface area (Å²) < 4.78 is 0. The molecular formula is C7H16N2O2. The molecule has 0 heterocycles. The molecule has 1 unspecified atom stereocenters. The van der Waals surface area contributed by atoms with E-state index >= 15 is 0 Å². The lowest BCUT2D eigenvalue weighted by Gasteiger charge is -2.11. The fraction of sp³-hybridized carbons (Fsp3) is 0.857. The molecule has 0 bridgehead atoms. The van der Waals surface area contributed by atoms with Crippen molar-refractivity contribution in [2.75, 3.05) is 20.2 Å². The van der Waals surface area contributed by atoms with Gasteiger partial charge in [0.25, 0.3) is 0 Å². The summed E-state index contributed by atoms with van der Waals surface area (Å²) in [5.74, 6) is -0.0338. The van der Waals surface area contributed by atoms with Gasteiger partial charge < -0.3 is 15.7 Å². The van der Waals surface area contributed by atoms with Crippen molar-refractivity contribution >= 4 is 5.91 Å². The fourth-order valence-corrected chi connectivity index (χ4v) is 0.752. The predicted octanol–water partition coefficient (Wildman–Crippen LogP) is -0.907. The number of amides is 1. The van der Waals surface area contributed by atoms with Gasteiger partial charge in [0, 0.05) is 12.6 Å². The topological polar surface area (TPSA) is 61.4 Å². The number of hydrogen-bond acceptors (Lipinski definition) is 3. The minimum Gasteiger partial charge on any atom is -0.396 e. The van der Waals surface area contributed by atoms with E-state index in [2.05, 4.69) is 10.6 Å². The second-order valence-corrected chi connectivity index (χ2v) is 2.51. The average molecular weight is 160 g/mol. The van der Waals surface area contributed by atoms with Gasteiger partial charge in [0.05, 0.1) is 6.54 Å². The molecule has 1 atom stereocenters. The molecule has 0 aromatic rings. The van der Waals surface area contributed by atoms with Crippen LogP contribution in [0.15, 0.2) is 0 Å². The second kappa shape index (κ2) is 6.12. The molecule has 11 heavy (non-hydrogen) atoms. The normalized spacial score (nSPS) is 12.6. The lowest BCUT2D eigenvalue weighted by atomic mass is 10.2. The molecule has 0 aliphatic rings. The lowest BCUT2D eigenvalue weighted by Crippen LogP contribution is -2.38. The molecule has 0 radical (unpaired) electrons. The van der Waals surface area contributed by atoms with E-state index in [1.54, 1.807) is 7.05 Å². The van der Waals surface area contributed by atoms with Crippen molar-refractivity contribution in [2.24, 2.45) is 0 Å². The van der Waals surface area contributed by atoms with Gasteiger partial charge in [-0.05, 0) is 20.4 Å². The maximum atomic E-state index is 10.9. The van der Waals surface area contributed by atoms with Crippen LogP contribution >= 0.6 is 0 Å². The standard InChI is InChI=1S/C7H16N2O2/c1-6(3-4-10)9-7(11)5-8-2/h6,8,10H,3-5H2,1-2H3,(H,9,11). The van der Waals surface area contributed by atoms with Crippen LogP contribution in [0.1, 0.15) is 13.3 Å². The van der Waals surface area contributed by atoms with Crippen LogP contribution in [0.2, 0.25) is 0 Å². The molecule has 0 aromatic carbocycles. The van der Waals surface area contributed by atoms with Gasteiger partial charge in [-0.25, -0.2) is 0 Å².